The van der Waals surface area contributed by atoms with Gasteiger partial charge in [-0.15, -0.1) is 11.3 Å². The van der Waals surface area contributed by atoms with E-state index >= 15 is 0 Å². The number of guanidine groups is 1. The van der Waals surface area contributed by atoms with Gasteiger partial charge in [-0.3, -0.25) is 14.7 Å². The summed E-state index contributed by atoms with van der Waals surface area (Å²) in [6, 6.07) is 4.19. The predicted octanol–water partition coefficient (Wildman–Crippen LogP) is 2.76. The lowest BCUT2D eigenvalue weighted by Gasteiger charge is -2.37. The first kappa shape index (κ1) is 15.7. The van der Waals surface area contributed by atoms with Crippen LogP contribution in [0.4, 0.5) is 0 Å². The standard InChI is InChI=1S/C17H20N4OS/c1-10-5-12(8-19-7-10)13-6-14(23-9-13)17(3)11(2)15(22)21(4)16(18)20-17/h5-9,11H,1-4H3,(H2,18,20)/t11-,17-/m0/s1. The van der Waals surface area contributed by atoms with Crippen molar-refractivity contribution in [2.45, 2.75) is 26.3 Å². The molecule has 0 aromatic carbocycles. The fourth-order valence-electron chi connectivity index (χ4n) is 2.79. The highest BCUT2D eigenvalue weighted by atomic mass is 32.1. The molecule has 3 heterocycles. The number of hydrogen-bond donors (Lipinski definition) is 1. The van der Waals surface area contributed by atoms with Crippen LogP contribution in [0.2, 0.25) is 0 Å². The third kappa shape index (κ3) is 2.53. The van der Waals surface area contributed by atoms with Crippen LogP contribution in [0.15, 0.2) is 34.9 Å². The van der Waals surface area contributed by atoms with Gasteiger partial charge < -0.3 is 5.73 Å². The minimum Gasteiger partial charge on any atom is -0.369 e. The second-order valence-corrected chi connectivity index (χ2v) is 7.10. The van der Waals surface area contributed by atoms with Crippen LogP contribution in [0.1, 0.15) is 24.3 Å². The second kappa shape index (κ2) is 5.45. The van der Waals surface area contributed by atoms with Crippen LogP contribution in [-0.4, -0.2) is 28.8 Å². The summed E-state index contributed by atoms with van der Waals surface area (Å²) >= 11 is 1.60. The fraction of sp³-hybridized carbons (Fsp3) is 0.353. The fourth-order valence-corrected chi connectivity index (χ4v) is 3.90. The molecule has 120 valence electrons. The van der Waals surface area contributed by atoms with Gasteiger partial charge in [-0.2, -0.15) is 0 Å². The van der Waals surface area contributed by atoms with E-state index in [0.29, 0.717) is 0 Å². The molecule has 0 saturated heterocycles. The Hall–Kier alpha value is -2.21. The number of nitrogens with zero attached hydrogens (tertiary/aromatic N) is 3. The molecule has 0 fully saturated rings. The van der Waals surface area contributed by atoms with E-state index in [-0.39, 0.29) is 17.8 Å². The van der Waals surface area contributed by atoms with Gasteiger partial charge >= 0.3 is 0 Å². The van der Waals surface area contributed by atoms with Gasteiger partial charge in [0.2, 0.25) is 5.91 Å². The van der Waals surface area contributed by atoms with E-state index in [1.54, 1.807) is 18.4 Å². The molecule has 0 radical (unpaired) electrons. The van der Waals surface area contributed by atoms with E-state index in [4.69, 9.17) is 5.73 Å². The summed E-state index contributed by atoms with van der Waals surface area (Å²) in [7, 11) is 1.66. The van der Waals surface area contributed by atoms with Gasteiger partial charge in [0.1, 0.15) is 5.54 Å². The Morgan fingerprint density at radius 1 is 1.30 bits per heavy atom. The van der Waals surface area contributed by atoms with Crippen LogP contribution < -0.4 is 5.73 Å². The Morgan fingerprint density at radius 2 is 2.04 bits per heavy atom. The zero-order valence-corrected chi connectivity index (χ0v) is 14.5. The Bertz CT molecular complexity index is 797. The number of hydrogen-bond acceptors (Lipinski definition) is 5. The van der Waals surface area contributed by atoms with Crippen molar-refractivity contribution in [3.63, 3.8) is 0 Å². The van der Waals surface area contributed by atoms with Crippen molar-refractivity contribution < 1.29 is 4.79 Å². The first-order valence-electron chi connectivity index (χ1n) is 7.47. The SMILES string of the molecule is Cc1cncc(-c2csc([C@@]3(C)N=C(N)N(C)C(=O)[C@@H]3C)c2)c1. The van der Waals surface area contributed by atoms with Gasteiger partial charge in [-0.25, -0.2) is 4.99 Å². The molecule has 0 saturated carbocycles. The van der Waals surface area contributed by atoms with E-state index in [9.17, 15) is 4.79 Å². The van der Waals surface area contributed by atoms with Crippen molar-refractivity contribution in [2.24, 2.45) is 16.6 Å². The van der Waals surface area contributed by atoms with Gasteiger partial charge in [0.15, 0.2) is 5.96 Å². The molecule has 5 nitrogen and oxygen atoms in total. The number of nitrogens with two attached hydrogens (primary N) is 1. The molecule has 0 aliphatic carbocycles. The van der Waals surface area contributed by atoms with Crippen molar-refractivity contribution >= 4 is 23.2 Å². The maximum absolute atomic E-state index is 12.4. The van der Waals surface area contributed by atoms with Crippen LogP contribution in [0.5, 0.6) is 0 Å². The molecule has 1 aliphatic heterocycles. The van der Waals surface area contributed by atoms with Crippen LogP contribution in [-0.2, 0) is 10.3 Å². The van der Waals surface area contributed by atoms with E-state index in [1.165, 1.54) is 4.90 Å². The normalized spacial score (nSPS) is 24.7. The van der Waals surface area contributed by atoms with Gasteiger partial charge in [0.05, 0.1) is 5.92 Å². The molecule has 0 spiro atoms. The number of thiophene rings is 1. The van der Waals surface area contributed by atoms with Crippen LogP contribution in [0.3, 0.4) is 0 Å². The van der Waals surface area contributed by atoms with Crippen molar-refractivity contribution in [2.75, 3.05) is 7.05 Å². The first-order valence-corrected chi connectivity index (χ1v) is 8.35. The third-order valence-electron chi connectivity index (χ3n) is 4.54. The molecule has 1 aliphatic rings. The highest BCUT2D eigenvalue weighted by molar-refractivity contribution is 7.10. The highest BCUT2D eigenvalue weighted by Gasteiger charge is 2.44. The number of pyridine rings is 1. The Kier molecular flexibility index (Phi) is 3.72. The molecule has 0 bridgehead atoms. The maximum Gasteiger partial charge on any atom is 0.234 e. The summed E-state index contributed by atoms with van der Waals surface area (Å²) in [5.74, 6) is -0.00289. The quantitative estimate of drug-likeness (QED) is 0.921. The molecule has 2 aromatic rings. The molecule has 2 aromatic heterocycles. The largest absolute Gasteiger partial charge is 0.369 e. The van der Waals surface area contributed by atoms with Gasteiger partial charge in [-0.05, 0) is 42.5 Å². The minimum absolute atomic E-state index is 0.00725. The molecule has 1 amide bonds. The minimum atomic E-state index is -0.631. The number of carbonyl (C=O) groups is 1. The summed E-state index contributed by atoms with van der Waals surface area (Å²) in [6.45, 7) is 5.90. The molecular weight excluding hydrogens is 308 g/mol. The molecule has 3 rings (SSSR count). The zero-order valence-electron chi connectivity index (χ0n) is 13.7. The molecular formula is C17H20N4OS. The summed E-state index contributed by atoms with van der Waals surface area (Å²) in [6.07, 6.45) is 3.68. The molecule has 2 N–H and O–H groups in total. The average molecular weight is 328 g/mol. The average Bonchev–Trinajstić information content (AvgIpc) is 3.02. The lowest BCUT2D eigenvalue weighted by atomic mass is 9.83. The van der Waals surface area contributed by atoms with Crippen LogP contribution in [0.25, 0.3) is 11.1 Å². The predicted molar refractivity (Wildman–Crippen MR) is 93.2 cm³/mol. The molecule has 0 unspecified atom stereocenters. The van der Waals surface area contributed by atoms with E-state index in [0.717, 1.165) is 21.6 Å². The van der Waals surface area contributed by atoms with Crippen LogP contribution >= 0.6 is 11.3 Å². The Labute approximate surface area is 139 Å². The summed E-state index contributed by atoms with van der Waals surface area (Å²) in [5.41, 5.74) is 8.58. The number of rotatable bonds is 2. The van der Waals surface area contributed by atoms with Crippen LogP contribution in [0, 0.1) is 12.8 Å². The number of amides is 1. The van der Waals surface area contributed by atoms with Crippen molar-refractivity contribution in [1.82, 2.24) is 9.88 Å². The molecule has 23 heavy (non-hydrogen) atoms. The first-order chi connectivity index (χ1) is 10.8. The summed E-state index contributed by atoms with van der Waals surface area (Å²) in [5, 5.41) is 2.08. The Morgan fingerprint density at radius 3 is 2.74 bits per heavy atom. The van der Waals surface area contributed by atoms with Crippen molar-refractivity contribution in [3.05, 3.63) is 40.3 Å². The van der Waals surface area contributed by atoms with Gasteiger partial charge in [-0.1, -0.05) is 6.92 Å². The topological polar surface area (TPSA) is 71.6 Å². The smallest absolute Gasteiger partial charge is 0.234 e. The Balaban J connectivity index is 2.04. The van der Waals surface area contributed by atoms with E-state index < -0.39 is 5.54 Å². The number of aliphatic imine (C=N–C) groups is 1. The maximum atomic E-state index is 12.4. The number of aromatic nitrogens is 1. The summed E-state index contributed by atoms with van der Waals surface area (Å²) < 4.78 is 0. The van der Waals surface area contributed by atoms with Gasteiger partial charge in [0.25, 0.3) is 0 Å². The second-order valence-electron chi connectivity index (χ2n) is 6.19. The molecule has 6 heteroatoms. The van der Waals surface area contributed by atoms with E-state index in [2.05, 4.69) is 27.5 Å². The molecule has 2 atom stereocenters. The van der Waals surface area contributed by atoms with Crippen molar-refractivity contribution in [1.29, 1.82) is 0 Å². The van der Waals surface area contributed by atoms with Gasteiger partial charge in [0, 0.05) is 29.9 Å². The highest BCUT2D eigenvalue weighted by Crippen LogP contribution is 2.42. The third-order valence-corrected chi connectivity index (χ3v) is 5.70. The van der Waals surface area contributed by atoms with Crippen molar-refractivity contribution in [3.8, 4) is 11.1 Å². The monoisotopic (exact) mass is 328 g/mol. The lowest BCUT2D eigenvalue weighted by molar-refractivity contribution is -0.133. The zero-order chi connectivity index (χ0) is 16.8. The number of aryl methyl sites for hydroxylation is 1. The number of carbonyl (C=O) groups excluding carboxylic acids is 1. The van der Waals surface area contributed by atoms with E-state index in [1.807, 2.05) is 33.2 Å². The summed E-state index contributed by atoms with van der Waals surface area (Å²) in [4.78, 5) is 23.7. The lowest BCUT2D eigenvalue weighted by Crippen LogP contribution is -2.52.